The molecule has 86 valence electrons. The normalized spacial score (nSPS) is 16.8. The van der Waals surface area contributed by atoms with Crippen molar-refractivity contribution in [2.24, 2.45) is 0 Å². The first-order valence-electron chi connectivity index (χ1n) is 5.20. The zero-order chi connectivity index (χ0) is 11.6. The van der Waals surface area contributed by atoms with Gasteiger partial charge in [0.05, 0.1) is 17.4 Å². The number of nitrogens with zero attached hydrogens (tertiary/aromatic N) is 1. The Labute approximate surface area is 99.0 Å². The van der Waals surface area contributed by atoms with Crippen LogP contribution in [0.4, 0.5) is 5.69 Å². The van der Waals surface area contributed by atoms with E-state index < -0.39 is 0 Å². The van der Waals surface area contributed by atoms with Crippen molar-refractivity contribution in [1.29, 1.82) is 0 Å². The average Bonchev–Trinajstić information content (AvgIpc) is 3.07. The van der Waals surface area contributed by atoms with E-state index in [4.69, 9.17) is 5.73 Å². The summed E-state index contributed by atoms with van der Waals surface area (Å²) in [5, 5.41) is 2.93. The molecule has 1 heterocycles. The van der Waals surface area contributed by atoms with Crippen molar-refractivity contribution < 1.29 is 4.79 Å². The fourth-order valence-corrected chi connectivity index (χ4v) is 2.27. The number of nitrogens with two attached hydrogens (primary N) is 1. The number of rotatable bonds is 4. The van der Waals surface area contributed by atoms with Gasteiger partial charge in [0.2, 0.25) is 0 Å². The summed E-state index contributed by atoms with van der Waals surface area (Å²) in [6.07, 6.45) is 7.52. The van der Waals surface area contributed by atoms with Gasteiger partial charge in [0.1, 0.15) is 0 Å². The third-order valence-electron chi connectivity index (χ3n) is 2.91. The van der Waals surface area contributed by atoms with Crippen LogP contribution in [0.25, 0.3) is 0 Å². The molecule has 1 amide bonds. The summed E-state index contributed by atoms with van der Waals surface area (Å²) in [7, 11) is 0. The van der Waals surface area contributed by atoms with E-state index in [1.54, 1.807) is 12.3 Å². The van der Waals surface area contributed by atoms with E-state index >= 15 is 0 Å². The summed E-state index contributed by atoms with van der Waals surface area (Å²) < 4.78 is 0.275. The second-order valence-corrected chi connectivity index (χ2v) is 5.31. The Morgan fingerprint density at radius 1 is 1.69 bits per heavy atom. The van der Waals surface area contributed by atoms with Gasteiger partial charge < -0.3 is 11.1 Å². The summed E-state index contributed by atoms with van der Waals surface area (Å²) >= 11 is 1.82. The van der Waals surface area contributed by atoms with Gasteiger partial charge in [-0.3, -0.25) is 9.78 Å². The first kappa shape index (κ1) is 11.3. The molecular weight excluding hydrogens is 222 g/mol. The van der Waals surface area contributed by atoms with Crippen LogP contribution in [0.2, 0.25) is 0 Å². The Hall–Kier alpha value is -1.23. The topological polar surface area (TPSA) is 68.0 Å². The lowest BCUT2D eigenvalue weighted by atomic mass is 10.2. The summed E-state index contributed by atoms with van der Waals surface area (Å²) in [5.41, 5.74) is 6.61. The minimum Gasteiger partial charge on any atom is -0.397 e. The highest BCUT2D eigenvalue weighted by atomic mass is 32.2. The van der Waals surface area contributed by atoms with E-state index in [1.165, 1.54) is 19.0 Å². The number of thioether (sulfide) groups is 1. The second kappa shape index (κ2) is 4.33. The van der Waals surface area contributed by atoms with Gasteiger partial charge in [-0.2, -0.15) is 11.8 Å². The van der Waals surface area contributed by atoms with Gasteiger partial charge >= 0.3 is 0 Å². The molecule has 0 saturated heterocycles. The maximum atomic E-state index is 11.8. The van der Waals surface area contributed by atoms with Gasteiger partial charge in [-0.1, -0.05) is 0 Å². The molecule has 1 aromatic heterocycles. The smallest absolute Gasteiger partial charge is 0.253 e. The van der Waals surface area contributed by atoms with Crippen molar-refractivity contribution in [2.75, 3.05) is 18.5 Å². The lowest BCUT2D eigenvalue weighted by molar-refractivity contribution is 0.0954. The van der Waals surface area contributed by atoms with Crippen LogP contribution in [0.1, 0.15) is 23.2 Å². The van der Waals surface area contributed by atoms with Crippen molar-refractivity contribution in [3.63, 3.8) is 0 Å². The largest absolute Gasteiger partial charge is 0.397 e. The monoisotopic (exact) mass is 237 g/mol. The molecule has 1 saturated carbocycles. The number of amides is 1. The number of nitrogen functional groups attached to an aromatic ring is 1. The first-order chi connectivity index (χ1) is 7.67. The fraction of sp³-hybridized carbons (Fsp3) is 0.455. The maximum Gasteiger partial charge on any atom is 0.253 e. The summed E-state index contributed by atoms with van der Waals surface area (Å²) in [6, 6.07) is 1.64. The zero-order valence-electron chi connectivity index (χ0n) is 9.19. The molecule has 0 unspecified atom stereocenters. The number of pyridine rings is 1. The molecule has 16 heavy (non-hydrogen) atoms. The summed E-state index contributed by atoms with van der Waals surface area (Å²) in [5.74, 6) is -0.111. The predicted molar refractivity (Wildman–Crippen MR) is 66.5 cm³/mol. The van der Waals surface area contributed by atoms with Crippen molar-refractivity contribution in [3.05, 3.63) is 24.0 Å². The minimum atomic E-state index is -0.111. The standard InChI is InChI=1S/C11H15N3OS/c1-16-11(3-4-11)7-14-10(15)8-2-5-13-6-9(8)12/h2,5-6H,3-4,7,12H2,1H3,(H,14,15). The van der Waals surface area contributed by atoms with Crippen LogP contribution in [-0.2, 0) is 0 Å². The highest BCUT2D eigenvalue weighted by molar-refractivity contribution is 8.00. The molecule has 4 nitrogen and oxygen atoms in total. The van der Waals surface area contributed by atoms with Crippen molar-refractivity contribution in [1.82, 2.24) is 10.3 Å². The number of carbonyl (C=O) groups excluding carboxylic acids is 1. The number of hydrogen-bond acceptors (Lipinski definition) is 4. The van der Waals surface area contributed by atoms with Gasteiger partial charge in [-0.05, 0) is 25.2 Å². The third kappa shape index (κ3) is 2.29. The summed E-state index contributed by atoms with van der Waals surface area (Å²) in [6.45, 7) is 0.717. The SMILES string of the molecule is CSC1(CNC(=O)c2ccncc2N)CC1. The van der Waals surface area contributed by atoms with Gasteiger partial charge in [-0.15, -0.1) is 0 Å². The van der Waals surface area contributed by atoms with Crippen LogP contribution in [0, 0.1) is 0 Å². The Morgan fingerprint density at radius 3 is 3.00 bits per heavy atom. The second-order valence-electron chi connectivity index (χ2n) is 4.03. The zero-order valence-corrected chi connectivity index (χ0v) is 10.0. The maximum absolute atomic E-state index is 11.8. The van der Waals surface area contributed by atoms with Gasteiger partial charge in [-0.25, -0.2) is 0 Å². The molecule has 0 atom stereocenters. The number of aromatic nitrogens is 1. The van der Waals surface area contributed by atoms with Gasteiger partial charge in [0.15, 0.2) is 0 Å². The predicted octanol–water partition coefficient (Wildman–Crippen LogP) is 1.29. The van der Waals surface area contributed by atoms with Crippen LogP contribution in [-0.4, -0.2) is 28.4 Å². The quantitative estimate of drug-likeness (QED) is 0.828. The molecule has 0 aromatic carbocycles. The van der Waals surface area contributed by atoms with E-state index in [-0.39, 0.29) is 10.7 Å². The number of anilines is 1. The number of nitrogens with one attached hydrogen (secondary N) is 1. The van der Waals surface area contributed by atoms with E-state index in [0.717, 1.165) is 6.54 Å². The lowest BCUT2D eigenvalue weighted by Crippen LogP contribution is -2.32. The van der Waals surface area contributed by atoms with E-state index in [9.17, 15) is 4.79 Å². The molecule has 5 heteroatoms. The van der Waals surface area contributed by atoms with Gasteiger partial charge in [0, 0.05) is 17.5 Å². The first-order valence-corrected chi connectivity index (χ1v) is 6.42. The van der Waals surface area contributed by atoms with Gasteiger partial charge in [0.25, 0.3) is 5.91 Å². The lowest BCUT2D eigenvalue weighted by Gasteiger charge is -2.13. The molecule has 1 aliphatic carbocycles. The Kier molecular flexibility index (Phi) is 3.05. The van der Waals surface area contributed by atoms with Crippen LogP contribution in [0.15, 0.2) is 18.5 Å². The summed E-state index contributed by atoms with van der Waals surface area (Å²) in [4.78, 5) is 15.7. The molecular formula is C11H15N3OS. The number of hydrogen-bond donors (Lipinski definition) is 2. The Bertz CT molecular complexity index is 404. The highest BCUT2D eigenvalue weighted by Crippen LogP contribution is 2.46. The van der Waals surface area contributed by atoms with Crippen LogP contribution in [0.5, 0.6) is 0 Å². The van der Waals surface area contributed by atoms with Crippen LogP contribution >= 0.6 is 11.8 Å². The molecule has 1 aliphatic rings. The Balaban J connectivity index is 1.96. The molecule has 1 fully saturated rings. The van der Waals surface area contributed by atoms with E-state index in [1.807, 2.05) is 11.8 Å². The molecule has 3 N–H and O–H groups in total. The molecule has 0 aliphatic heterocycles. The van der Waals surface area contributed by atoms with Crippen molar-refractivity contribution >= 4 is 23.4 Å². The molecule has 0 spiro atoms. The molecule has 0 radical (unpaired) electrons. The fourth-order valence-electron chi connectivity index (χ4n) is 1.54. The Morgan fingerprint density at radius 2 is 2.44 bits per heavy atom. The molecule has 1 aromatic rings. The molecule has 2 rings (SSSR count). The third-order valence-corrected chi connectivity index (χ3v) is 4.33. The van der Waals surface area contributed by atoms with Crippen LogP contribution < -0.4 is 11.1 Å². The molecule has 0 bridgehead atoms. The van der Waals surface area contributed by atoms with Crippen LogP contribution in [0.3, 0.4) is 0 Å². The van der Waals surface area contributed by atoms with E-state index in [0.29, 0.717) is 11.3 Å². The number of carbonyl (C=O) groups is 1. The highest BCUT2D eigenvalue weighted by Gasteiger charge is 2.41. The van der Waals surface area contributed by atoms with E-state index in [2.05, 4.69) is 16.6 Å². The average molecular weight is 237 g/mol. The van der Waals surface area contributed by atoms with Crippen molar-refractivity contribution in [2.45, 2.75) is 17.6 Å². The minimum absolute atomic E-state index is 0.111. The van der Waals surface area contributed by atoms with Crippen molar-refractivity contribution in [3.8, 4) is 0 Å².